The van der Waals surface area contributed by atoms with Gasteiger partial charge in [-0.3, -0.25) is 9.59 Å². The highest BCUT2D eigenvalue weighted by Gasteiger charge is 2.09. The molecular weight excluding hydrogens is 424 g/mol. The fourth-order valence-corrected chi connectivity index (χ4v) is 3.86. The Bertz CT molecular complexity index is 447. The summed E-state index contributed by atoms with van der Waals surface area (Å²) in [7, 11) is 0. The molecule has 0 aliphatic heterocycles. The lowest BCUT2D eigenvalue weighted by Crippen LogP contribution is -2.13. The van der Waals surface area contributed by atoms with Crippen LogP contribution in [0.2, 0.25) is 0 Å². The number of ether oxygens (including phenoxy) is 1. The predicted molar refractivity (Wildman–Crippen MR) is 146 cm³/mol. The van der Waals surface area contributed by atoms with Crippen molar-refractivity contribution in [2.24, 2.45) is 5.92 Å². The molecule has 0 rings (SSSR count). The molecular formula is C30H58O4. The molecule has 0 aliphatic rings. The zero-order chi connectivity index (χ0) is 25.7. The number of carbonyl (C=O) groups excluding carboxylic acids is 1. The Hall–Kier alpha value is -1.32. The average Bonchev–Trinajstić information content (AvgIpc) is 2.83. The molecule has 1 N–H and O–H groups in total. The molecule has 0 heterocycles. The Morgan fingerprint density at radius 1 is 0.735 bits per heavy atom. The van der Waals surface area contributed by atoms with Crippen LogP contribution in [0, 0.1) is 5.92 Å². The number of rotatable bonds is 24. The van der Waals surface area contributed by atoms with Crippen molar-refractivity contribution in [3.63, 3.8) is 0 Å². The molecule has 0 aromatic heterocycles. The van der Waals surface area contributed by atoms with Crippen molar-refractivity contribution in [1.29, 1.82) is 0 Å². The van der Waals surface area contributed by atoms with Gasteiger partial charge in [0.1, 0.15) is 0 Å². The monoisotopic (exact) mass is 482 g/mol. The summed E-state index contributed by atoms with van der Waals surface area (Å²) >= 11 is 0. The van der Waals surface area contributed by atoms with Crippen LogP contribution < -0.4 is 0 Å². The van der Waals surface area contributed by atoms with E-state index >= 15 is 0 Å². The number of hydrogen-bond donors (Lipinski definition) is 1. The quantitative estimate of drug-likeness (QED) is 0.0844. The molecule has 4 heteroatoms. The number of carboxylic acid groups (broad SMARTS) is 1. The fraction of sp³-hybridized carbons (Fsp3) is 0.867. The van der Waals surface area contributed by atoms with Crippen molar-refractivity contribution in [3.8, 4) is 0 Å². The second-order valence-electron chi connectivity index (χ2n) is 9.67. The Morgan fingerprint density at radius 3 is 1.74 bits per heavy atom. The number of unbranched alkanes of at least 4 members (excludes halogenated alkanes) is 14. The predicted octanol–water partition coefficient (Wildman–Crippen LogP) is 9.65. The molecule has 0 amide bonds. The van der Waals surface area contributed by atoms with Crippen molar-refractivity contribution < 1.29 is 19.4 Å². The molecule has 4 nitrogen and oxygen atoms in total. The Morgan fingerprint density at radius 2 is 1.24 bits per heavy atom. The molecule has 1 unspecified atom stereocenters. The van der Waals surface area contributed by atoms with Gasteiger partial charge in [0.2, 0.25) is 0 Å². The van der Waals surface area contributed by atoms with E-state index < -0.39 is 5.97 Å². The van der Waals surface area contributed by atoms with Gasteiger partial charge in [-0.05, 0) is 38.0 Å². The van der Waals surface area contributed by atoms with Crippen molar-refractivity contribution in [1.82, 2.24) is 0 Å². The van der Waals surface area contributed by atoms with Gasteiger partial charge in [0, 0.05) is 12.8 Å². The minimum Gasteiger partial charge on any atom is -0.481 e. The van der Waals surface area contributed by atoms with Crippen LogP contribution in [0.3, 0.4) is 0 Å². The molecule has 34 heavy (non-hydrogen) atoms. The molecule has 1 atom stereocenters. The largest absolute Gasteiger partial charge is 0.481 e. The van der Waals surface area contributed by atoms with Crippen molar-refractivity contribution in [3.05, 3.63) is 12.7 Å². The van der Waals surface area contributed by atoms with Gasteiger partial charge in [0.05, 0.1) is 6.61 Å². The minimum atomic E-state index is -0.659. The van der Waals surface area contributed by atoms with Gasteiger partial charge in [-0.15, -0.1) is 6.58 Å². The van der Waals surface area contributed by atoms with Crippen molar-refractivity contribution in [2.75, 3.05) is 6.61 Å². The summed E-state index contributed by atoms with van der Waals surface area (Å²) < 4.78 is 5.39. The second-order valence-corrected chi connectivity index (χ2v) is 9.67. The fourth-order valence-electron chi connectivity index (χ4n) is 3.86. The SMILES string of the molecule is C=CCCCCCCCC(=O)OCC(CC)CCCC.CCCCCCCCCCCC(=O)O. The van der Waals surface area contributed by atoms with Crippen LogP contribution in [-0.2, 0) is 14.3 Å². The molecule has 0 bridgehead atoms. The first-order valence-electron chi connectivity index (χ1n) is 14.5. The maximum atomic E-state index is 11.6. The Labute approximate surface area is 212 Å². The van der Waals surface area contributed by atoms with Crippen molar-refractivity contribution >= 4 is 11.9 Å². The van der Waals surface area contributed by atoms with Crippen LogP contribution in [0.5, 0.6) is 0 Å². The Kier molecular flexibility index (Phi) is 30.5. The van der Waals surface area contributed by atoms with E-state index in [9.17, 15) is 9.59 Å². The van der Waals surface area contributed by atoms with E-state index in [0.29, 0.717) is 25.4 Å². The number of carboxylic acids is 1. The average molecular weight is 483 g/mol. The summed E-state index contributed by atoms with van der Waals surface area (Å²) in [5.41, 5.74) is 0. The van der Waals surface area contributed by atoms with Gasteiger partial charge < -0.3 is 9.84 Å². The van der Waals surface area contributed by atoms with Crippen LogP contribution >= 0.6 is 0 Å². The molecule has 0 aromatic rings. The highest BCUT2D eigenvalue weighted by molar-refractivity contribution is 5.69. The first kappa shape index (κ1) is 34.8. The molecule has 0 aromatic carbocycles. The highest BCUT2D eigenvalue weighted by atomic mass is 16.5. The summed E-state index contributed by atoms with van der Waals surface area (Å²) in [6.45, 7) is 10.9. The van der Waals surface area contributed by atoms with E-state index in [-0.39, 0.29) is 5.97 Å². The highest BCUT2D eigenvalue weighted by Crippen LogP contribution is 2.14. The van der Waals surface area contributed by atoms with Gasteiger partial charge in [-0.25, -0.2) is 0 Å². The van der Waals surface area contributed by atoms with Crippen LogP contribution in [0.1, 0.15) is 156 Å². The van der Waals surface area contributed by atoms with Crippen molar-refractivity contribution in [2.45, 2.75) is 156 Å². The molecule has 0 saturated heterocycles. The first-order chi connectivity index (χ1) is 16.5. The summed E-state index contributed by atoms with van der Waals surface area (Å²) in [6.07, 6.45) is 25.7. The van der Waals surface area contributed by atoms with E-state index in [1.807, 2.05) is 6.08 Å². The Balaban J connectivity index is 0. The van der Waals surface area contributed by atoms with Crippen LogP contribution in [-0.4, -0.2) is 23.7 Å². The smallest absolute Gasteiger partial charge is 0.305 e. The number of aliphatic carboxylic acids is 1. The summed E-state index contributed by atoms with van der Waals surface area (Å²) in [5.74, 6) is -0.114. The van der Waals surface area contributed by atoms with Gasteiger partial charge in [-0.1, -0.05) is 117 Å². The lowest BCUT2D eigenvalue weighted by molar-refractivity contribution is -0.145. The van der Waals surface area contributed by atoms with Gasteiger partial charge >= 0.3 is 11.9 Å². The molecule has 0 fully saturated rings. The zero-order valence-electron chi connectivity index (χ0n) is 23.1. The van der Waals surface area contributed by atoms with E-state index in [1.165, 1.54) is 83.5 Å². The van der Waals surface area contributed by atoms with Gasteiger partial charge in [0.25, 0.3) is 0 Å². The first-order valence-corrected chi connectivity index (χ1v) is 14.5. The number of carbonyl (C=O) groups is 2. The van der Waals surface area contributed by atoms with E-state index in [0.717, 1.165) is 38.5 Å². The molecule has 0 radical (unpaired) electrons. The second kappa shape index (κ2) is 29.7. The standard InChI is InChI=1S/C18H34O2.C12H24O2/c1-4-7-9-10-11-12-13-15-18(19)20-16-17(6-3)14-8-5-2;1-2-3-4-5-6-7-8-9-10-11-12(13)14/h4,17H,1,5-16H2,2-3H3;2-11H2,1H3,(H,13,14). The maximum absolute atomic E-state index is 11.6. The number of allylic oxidation sites excluding steroid dienone is 1. The summed E-state index contributed by atoms with van der Waals surface area (Å²) in [4.78, 5) is 21.8. The molecule has 0 saturated carbocycles. The van der Waals surface area contributed by atoms with E-state index in [1.54, 1.807) is 0 Å². The van der Waals surface area contributed by atoms with E-state index in [4.69, 9.17) is 9.84 Å². The third kappa shape index (κ3) is 30.7. The molecule has 0 aliphatic carbocycles. The maximum Gasteiger partial charge on any atom is 0.305 e. The van der Waals surface area contributed by atoms with E-state index in [2.05, 4.69) is 27.4 Å². The normalized spacial score (nSPS) is 11.4. The third-order valence-corrected chi connectivity index (χ3v) is 6.31. The van der Waals surface area contributed by atoms with Crippen LogP contribution in [0.25, 0.3) is 0 Å². The zero-order valence-corrected chi connectivity index (χ0v) is 23.1. The van der Waals surface area contributed by atoms with Gasteiger partial charge in [0.15, 0.2) is 0 Å². The summed E-state index contributed by atoms with van der Waals surface area (Å²) in [6, 6.07) is 0. The third-order valence-electron chi connectivity index (χ3n) is 6.31. The number of esters is 1. The number of hydrogen-bond acceptors (Lipinski definition) is 3. The topological polar surface area (TPSA) is 63.6 Å². The molecule has 0 spiro atoms. The van der Waals surface area contributed by atoms with Crippen LogP contribution in [0.15, 0.2) is 12.7 Å². The molecule has 202 valence electrons. The lowest BCUT2D eigenvalue weighted by atomic mass is 10.0. The lowest BCUT2D eigenvalue weighted by Gasteiger charge is -2.14. The van der Waals surface area contributed by atoms with Gasteiger partial charge in [-0.2, -0.15) is 0 Å². The summed E-state index contributed by atoms with van der Waals surface area (Å²) in [5, 5.41) is 8.41. The van der Waals surface area contributed by atoms with Crippen LogP contribution in [0.4, 0.5) is 0 Å². The minimum absolute atomic E-state index is 0.00830.